The third-order valence-electron chi connectivity index (χ3n) is 5.10. The lowest BCUT2D eigenvalue weighted by molar-refractivity contribution is -0.140. The molecule has 40 heavy (non-hydrogen) atoms. The van der Waals surface area contributed by atoms with Gasteiger partial charge in [-0.3, -0.25) is 28.8 Å². The van der Waals surface area contributed by atoms with E-state index in [0.29, 0.717) is 0 Å². The topological polar surface area (TPSA) is 314 Å². The molecule has 17 nitrogen and oxygen atoms in total. The first-order valence-corrected chi connectivity index (χ1v) is 12.5. The Morgan fingerprint density at radius 1 is 1.00 bits per heavy atom. The molecule has 0 aromatic carbocycles. The lowest BCUT2D eigenvalue weighted by Gasteiger charge is -2.16. The number of aromatic amines is 1. The Hall–Kier alpha value is -3.74. The molecule has 1 aromatic rings. The summed E-state index contributed by atoms with van der Waals surface area (Å²) in [6.07, 6.45) is 3.91. The number of thiol groups is 1. The molecule has 0 saturated carbocycles. The molecule has 0 aliphatic rings. The number of carboxylic acids is 4. The molecule has 0 aliphatic carbocycles. The highest BCUT2D eigenvalue weighted by Crippen LogP contribution is 2.04. The Morgan fingerprint density at radius 2 is 1.57 bits per heavy atom. The van der Waals surface area contributed by atoms with Crippen molar-refractivity contribution in [2.75, 3.05) is 12.3 Å². The van der Waals surface area contributed by atoms with Gasteiger partial charge in [0.2, 0.25) is 11.8 Å². The van der Waals surface area contributed by atoms with Crippen molar-refractivity contribution in [2.45, 2.75) is 63.7 Å². The van der Waals surface area contributed by atoms with E-state index in [1.165, 1.54) is 6.33 Å². The number of amides is 2. The number of aliphatic carboxylic acids is 4. The fraction of sp³-hybridized carbons (Fsp3) is 0.591. The second kappa shape index (κ2) is 21.1. The first kappa shape index (κ1) is 38.4. The highest BCUT2D eigenvalue weighted by atomic mass is 32.1. The number of rotatable bonds is 15. The monoisotopic (exact) mass is 593 g/mol. The summed E-state index contributed by atoms with van der Waals surface area (Å²) in [6.45, 7) is 3.19. The molecule has 1 heterocycles. The van der Waals surface area contributed by atoms with E-state index in [9.17, 15) is 28.8 Å². The van der Waals surface area contributed by atoms with Gasteiger partial charge in [-0.2, -0.15) is 12.6 Å². The number of imidazole rings is 1. The zero-order valence-electron chi connectivity index (χ0n) is 22.1. The van der Waals surface area contributed by atoms with Crippen molar-refractivity contribution in [3.05, 3.63) is 18.2 Å². The normalized spacial score (nSPS) is 13.8. The quantitative estimate of drug-likeness (QED) is 0.0945. The lowest BCUT2D eigenvalue weighted by Crippen LogP contribution is -2.49. The fourth-order valence-corrected chi connectivity index (χ4v) is 2.63. The zero-order valence-corrected chi connectivity index (χ0v) is 23.0. The number of hydrogen-bond donors (Lipinski definition) is 11. The molecule has 228 valence electrons. The van der Waals surface area contributed by atoms with Gasteiger partial charge in [-0.05, 0) is 12.3 Å². The minimum atomic E-state index is -1.22. The summed E-state index contributed by atoms with van der Waals surface area (Å²) in [7, 11) is 0. The van der Waals surface area contributed by atoms with E-state index in [1.807, 2.05) is 13.8 Å². The fourth-order valence-electron chi connectivity index (χ4n) is 2.37. The third kappa shape index (κ3) is 18.5. The number of aromatic nitrogens is 2. The van der Waals surface area contributed by atoms with Gasteiger partial charge >= 0.3 is 23.9 Å². The van der Waals surface area contributed by atoms with E-state index < -0.39 is 66.4 Å². The summed E-state index contributed by atoms with van der Waals surface area (Å²) in [5.74, 6) is -5.55. The largest absolute Gasteiger partial charge is 0.480 e. The molecule has 1 rings (SSSR count). The van der Waals surface area contributed by atoms with Crippen LogP contribution in [-0.2, 0) is 35.2 Å². The maximum atomic E-state index is 11.5. The molecule has 13 N–H and O–H groups in total. The van der Waals surface area contributed by atoms with Gasteiger partial charge in [0.15, 0.2) is 0 Å². The van der Waals surface area contributed by atoms with Crippen LogP contribution < -0.4 is 27.8 Å². The molecule has 0 radical (unpaired) electrons. The highest BCUT2D eigenvalue weighted by molar-refractivity contribution is 7.80. The van der Waals surface area contributed by atoms with Crippen LogP contribution in [0.2, 0.25) is 0 Å². The molecular formula is C22H39N7O10S. The number of H-pyrrole nitrogens is 1. The van der Waals surface area contributed by atoms with Crippen LogP contribution in [0.25, 0.3) is 0 Å². The molecule has 0 unspecified atom stereocenters. The Labute approximate surface area is 235 Å². The molecule has 0 bridgehead atoms. The van der Waals surface area contributed by atoms with E-state index in [1.54, 1.807) is 6.20 Å². The van der Waals surface area contributed by atoms with Gasteiger partial charge in [-0.25, -0.2) is 4.98 Å². The Kier molecular flexibility index (Phi) is 20.3. The maximum Gasteiger partial charge on any atom is 0.322 e. The van der Waals surface area contributed by atoms with E-state index in [2.05, 4.69) is 33.2 Å². The molecule has 0 fully saturated rings. The van der Waals surface area contributed by atoms with Gasteiger partial charge in [0.25, 0.3) is 0 Å². The molecule has 1 aromatic heterocycles. The van der Waals surface area contributed by atoms with Crippen LogP contribution in [0.1, 0.15) is 38.8 Å². The van der Waals surface area contributed by atoms with Gasteiger partial charge in [0, 0.05) is 30.5 Å². The number of nitrogens with zero attached hydrogens (tertiary/aromatic N) is 1. The van der Waals surface area contributed by atoms with Crippen LogP contribution >= 0.6 is 12.6 Å². The minimum Gasteiger partial charge on any atom is -0.480 e. The summed E-state index contributed by atoms with van der Waals surface area (Å²) < 4.78 is 0. The van der Waals surface area contributed by atoms with Crippen LogP contribution in [-0.4, -0.2) is 103 Å². The lowest BCUT2D eigenvalue weighted by atomic mass is 10.0. The average Bonchev–Trinajstić information content (AvgIpc) is 3.41. The number of carbonyl (C=O) groups excluding carboxylic acids is 2. The number of carbonyl (C=O) groups is 6. The van der Waals surface area contributed by atoms with Gasteiger partial charge in [-0.1, -0.05) is 20.3 Å². The SMILES string of the molecule is CC[C@H](C)[C@H](N)C(=O)O.N[C@@H](CCC(=O)N[C@@H](CS)C(=O)NCC(=O)O)C(=O)O.N[C@@H](Cc1cnc[nH]1)C(=O)O. The Balaban J connectivity index is 0. The highest BCUT2D eigenvalue weighted by Gasteiger charge is 2.21. The van der Waals surface area contributed by atoms with Crippen molar-refractivity contribution in [1.82, 2.24) is 20.6 Å². The van der Waals surface area contributed by atoms with Gasteiger partial charge in [0.1, 0.15) is 30.7 Å². The zero-order chi connectivity index (χ0) is 31.4. The van der Waals surface area contributed by atoms with E-state index >= 15 is 0 Å². The maximum absolute atomic E-state index is 11.5. The second-order valence-corrected chi connectivity index (χ2v) is 8.74. The molecule has 0 aliphatic heterocycles. The summed E-state index contributed by atoms with van der Waals surface area (Å²) >= 11 is 3.87. The number of hydrogen-bond acceptors (Lipinski definition) is 11. The van der Waals surface area contributed by atoms with Crippen molar-refractivity contribution in [2.24, 2.45) is 23.1 Å². The van der Waals surface area contributed by atoms with Crippen molar-refractivity contribution >= 4 is 48.3 Å². The third-order valence-corrected chi connectivity index (χ3v) is 5.47. The molecule has 5 atom stereocenters. The van der Waals surface area contributed by atoms with Crippen LogP contribution in [0.3, 0.4) is 0 Å². The van der Waals surface area contributed by atoms with E-state index in [-0.39, 0.29) is 30.9 Å². The van der Waals surface area contributed by atoms with Crippen molar-refractivity contribution in [3.63, 3.8) is 0 Å². The first-order chi connectivity index (χ1) is 18.6. The molecular weight excluding hydrogens is 554 g/mol. The van der Waals surface area contributed by atoms with Gasteiger partial charge < -0.3 is 53.2 Å². The van der Waals surface area contributed by atoms with Crippen LogP contribution in [0.5, 0.6) is 0 Å². The van der Waals surface area contributed by atoms with Crippen LogP contribution in [0.15, 0.2) is 12.5 Å². The Morgan fingerprint density at radius 3 is 1.95 bits per heavy atom. The average molecular weight is 594 g/mol. The smallest absolute Gasteiger partial charge is 0.322 e. The summed E-state index contributed by atoms with van der Waals surface area (Å²) in [4.78, 5) is 70.7. The summed E-state index contributed by atoms with van der Waals surface area (Å²) in [5, 5.41) is 38.1. The molecule has 0 saturated heterocycles. The van der Waals surface area contributed by atoms with E-state index in [4.69, 9.17) is 37.6 Å². The predicted molar refractivity (Wildman–Crippen MR) is 144 cm³/mol. The van der Waals surface area contributed by atoms with Crippen molar-refractivity contribution in [3.8, 4) is 0 Å². The first-order valence-electron chi connectivity index (χ1n) is 11.9. The summed E-state index contributed by atoms with van der Waals surface area (Å²) in [5.41, 5.74) is 16.5. The molecule has 2 amide bonds. The number of nitrogens with one attached hydrogen (secondary N) is 3. The second-order valence-electron chi connectivity index (χ2n) is 8.37. The van der Waals surface area contributed by atoms with Crippen LogP contribution in [0, 0.1) is 5.92 Å². The van der Waals surface area contributed by atoms with E-state index in [0.717, 1.165) is 12.1 Å². The van der Waals surface area contributed by atoms with Crippen molar-refractivity contribution in [1.29, 1.82) is 0 Å². The molecule has 18 heteroatoms. The Bertz CT molecular complexity index is 948. The summed E-state index contributed by atoms with van der Waals surface area (Å²) in [6, 6.07) is -3.70. The minimum absolute atomic E-state index is 0.0256. The standard InChI is InChI=1S/C10H17N3O6S.C6H9N3O2.C6H13NO2/c11-5(10(18)19)1-2-7(14)13-6(4-20)9(17)12-3-8(15)16;7-5(6(10)11)1-4-2-8-3-9-4;1-3-4(2)5(7)6(8)9/h5-6,20H,1-4,11H2,(H,12,17)(H,13,14)(H,15,16)(H,18,19);2-3,5H,1,7H2,(H,8,9)(H,10,11);4-5H,3,7H2,1-2H3,(H,8,9)/t5-,6-;5-;4-,5-/m000/s1. The van der Waals surface area contributed by atoms with Gasteiger partial charge in [-0.15, -0.1) is 0 Å². The predicted octanol–water partition coefficient (Wildman–Crippen LogP) is -2.40. The van der Waals surface area contributed by atoms with Gasteiger partial charge in [0.05, 0.1) is 6.33 Å². The molecule has 0 spiro atoms. The van der Waals surface area contributed by atoms with Crippen molar-refractivity contribution < 1.29 is 49.2 Å². The number of carboxylic acid groups (broad SMARTS) is 4. The number of nitrogens with two attached hydrogens (primary N) is 3. The van der Waals surface area contributed by atoms with Crippen LogP contribution in [0.4, 0.5) is 0 Å².